The molecule has 96 valence electrons. The summed E-state index contributed by atoms with van der Waals surface area (Å²) in [6.45, 7) is 5.49. The Morgan fingerprint density at radius 1 is 1.59 bits per heavy atom. The lowest BCUT2D eigenvalue weighted by Gasteiger charge is -2.22. The molecule has 1 aromatic heterocycles. The van der Waals surface area contributed by atoms with E-state index < -0.39 is 0 Å². The van der Waals surface area contributed by atoms with Crippen molar-refractivity contribution in [1.82, 2.24) is 15.1 Å². The molecule has 0 saturated carbocycles. The van der Waals surface area contributed by atoms with E-state index in [0.717, 1.165) is 42.7 Å². The molecule has 1 fully saturated rings. The van der Waals surface area contributed by atoms with Crippen LogP contribution < -0.4 is 5.32 Å². The second kappa shape index (κ2) is 5.85. The molecule has 1 aliphatic rings. The van der Waals surface area contributed by atoms with Crippen molar-refractivity contribution in [3.05, 3.63) is 16.4 Å². The molecule has 1 atom stereocenters. The molecule has 0 spiro atoms. The van der Waals surface area contributed by atoms with Gasteiger partial charge in [0, 0.05) is 26.7 Å². The third-order valence-electron chi connectivity index (χ3n) is 3.24. The fraction of sp³-hybridized carbons (Fsp3) is 0.750. The quantitative estimate of drug-likeness (QED) is 0.896. The Balaban J connectivity index is 1.81. The molecule has 1 unspecified atom stereocenters. The lowest BCUT2D eigenvalue weighted by molar-refractivity contribution is 0.0547. The Morgan fingerprint density at radius 3 is 3.00 bits per heavy atom. The van der Waals surface area contributed by atoms with Gasteiger partial charge in [0.25, 0.3) is 0 Å². The Labute approximate surface area is 107 Å². The average Bonchev–Trinajstić information content (AvgIpc) is 2.57. The average molecular weight is 258 g/mol. The summed E-state index contributed by atoms with van der Waals surface area (Å²) in [5.74, 6) is 0.636. The zero-order chi connectivity index (χ0) is 12.3. The van der Waals surface area contributed by atoms with Gasteiger partial charge in [0.15, 0.2) is 0 Å². The van der Waals surface area contributed by atoms with Crippen molar-refractivity contribution >= 4 is 11.6 Å². The van der Waals surface area contributed by atoms with Gasteiger partial charge in [-0.1, -0.05) is 11.6 Å². The summed E-state index contributed by atoms with van der Waals surface area (Å²) in [5, 5.41) is 8.51. The minimum absolute atomic E-state index is 0.636. The molecule has 1 aromatic rings. The highest BCUT2D eigenvalue weighted by Crippen LogP contribution is 2.19. The Morgan fingerprint density at radius 2 is 2.41 bits per heavy atom. The summed E-state index contributed by atoms with van der Waals surface area (Å²) >= 11 is 6.19. The second-order valence-corrected chi connectivity index (χ2v) is 5.06. The number of halogens is 1. The molecule has 0 aromatic carbocycles. The summed E-state index contributed by atoms with van der Waals surface area (Å²) in [7, 11) is 1.93. The number of rotatable bonds is 4. The van der Waals surface area contributed by atoms with E-state index in [1.54, 1.807) is 0 Å². The van der Waals surface area contributed by atoms with Crippen molar-refractivity contribution < 1.29 is 4.74 Å². The normalized spacial score (nSPS) is 20.8. The third kappa shape index (κ3) is 3.21. The number of nitrogens with zero attached hydrogens (tertiary/aromatic N) is 2. The molecule has 1 saturated heterocycles. The van der Waals surface area contributed by atoms with E-state index in [0.29, 0.717) is 5.92 Å². The van der Waals surface area contributed by atoms with E-state index in [1.165, 1.54) is 12.8 Å². The lowest BCUT2D eigenvalue weighted by atomic mass is 10.0. The summed E-state index contributed by atoms with van der Waals surface area (Å²) in [4.78, 5) is 0. The number of nitrogens with one attached hydrogen (secondary N) is 1. The molecule has 2 heterocycles. The number of ether oxygens (including phenoxy) is 1. The van der Waals surface area contributed by atoms with Crippen LogP contribution in [0.3, 0.4) is 0 Å². The van der Waals surface area contributed by atoms with E-state index in [-0.39, 0.29) is 0 Å². The van der Waals surface area contributed by atoms with Crippen LogP contribution in [0.2, 0.25) is 5.02 Å². The lowest BCUT2D eigenvalue weighted by Crippen LogP contribution is -2.29. The minimum atomic E-state index is 0.636. The minimum Gasteiger partial charge on any atom is -0.381 e. The fourth-order valence-electron chi connectivity index (χ4n) is 2.24. The van der Waals surface area contributed by atoms with E-state index in [4.69, 9.17) is 16.3 Å². The van der Waals surface area contributed by atoms with Gasteiger partial charge in [-0.2, -0.15) is 5.10 Å². The molecule has 0 amide bonds. The van der Waals surface area contributed by atoms with Crippen LogP contribution in [0.4, 0.5) is 0 Å². The molecule has 0 aliphatic carbocycles. The SMILES string of the molecule is Cc1nn(C)c(CNCC2CCCOC2)c1Cl. The first-order valence-electron chi connectivity index (χ1n) is 6.15. The summed E-state index contributed by atoms with van der Waals surface area (Å²) in [6.07, 6.45) is 2.43. The van der Waals surface area contributed by atoms with Crippen LogP contribution in [0.5, 0.6) is 0 Å². The van der Waals surface area contributed by atoms with Crippen LogP contribution in [-0.4, -0.2) is 29.5 Å². The predicted octanol–water partition coefficient (Wildman–Crippen LogP) is 1.90. The van der Waals surface area contributed by atoms with Gasteiger partial charge < -0.3 is 10.1 Å². The van der Waals surface area contributed by atoms with Gasteiger partial charge in [-0.25, -0.2) is 0 Å². The van der Waals surface area contributed by atoms with Gasteiger partial charge in [-0.3, -0.25) is 4.68 Å². The number of hydrogen-bond acceptors (Lipinski definition) is 3. The van der Waals surface area contributed by atoms with Gasteiger partial charge in [0.1, 0.15) is 0 Å². The highest BCUT2D eigenvalue weighted by atomic mass is 35.5. The Hall–Kier alpha value is -0.580. The highest BCUT2D eigenvalue weighted by Gasteiger charge is 2.15. The first kappa shape index (κ1) is 12.9. The van der Waals surface area contributed by atoms with Crippen LogP contribution in [0, 0.1) is 12.8 Å². The van der Waals surface area contributed by atoms with Gasteiger partial charge in [-0.15, -0.1) is 0 Å². The largest absolute Gasteiger partial charge is 0.381 e. The molecule has 0 radical (unpaired) electrons. The maximum absolute atomic E-state index is 6.19. The molecule has 2 rings (SSSR count). The van der Waals surface area contributed by atoms with E-state index in [2.05, 4.69) is 10.4 Å². The van der Waals surface area contributed by atoms with Crippen LogP contribution in [0.25, 0.3) is 0 Å². The summed E-state index contributed by atoms with van der Waals surface area (Å²) in [5.41, 5.74) is 1.95. The predicted molar refractivity (Wildman–Crippen MR) is 68.2 cm³/mol. The van der Waals surface area contributed by atoms with Crippen LogP contribution in [0.15, 0.2) is 0 Å². The Kier molecular flexibility index (Phi) is 4.42. The first-order chi connectivity index (χ1) is 8.18. The van der Waals surface area contributed by atoms with Gasteiger partial charge in [0.05, 0.1) is 23.0 Å². The van der Waals surface area contributed by atoms with Gasteiger partial charge in [0.2, 0.25) is 0 Å². The van der Waals surface area contributed by atoms with Crippen molar-refractivity contribution in [1.29, 1.82) is 0 Å². The molecular weight excluding hydrogens is 238 g/mol. The van der Waals surface area contributed by atoms with Gasteiger partial charge in [-0.05, 0) is 25.7 Å². The van der Waals surface area contributed by atoms with E-state index in [1.807, 2.05) is 18.7 Å². The smallest absolute Gasteiger partial charge is 0.0860 e. The second-order valence-electron chi connectivity index (χ2n) is 4.68. The maximum Gasteiger partial charge on any atom is 0.0860 e. The number of hydrogen-bond donors (Lipinski definition) is 1. The van der Waals surface area contributed by atoms with Crippen molar-refractivity contribution in [3.63, 3.8) is 0 Å². The molecule has 4 nitrogen and oxygen atoms in total. The van der Waals surface area contributed by atoms with Crippen LogP contribution >= 0.6 is 11.6 Å². The standard InChI is InChI=1S/C12H20ClN3O/c1-9-12(13)11(16(2)15-9)7-14-6-10-4-3-5-17-8-10/h10,14H,3-8H2,1-2H3. The van der Waals surface area contributed by atoms with Crippen molar-refractivity contribution in [3.8, 4) is 0 Å². The molecule has 0 bridgehead atoms. The number of aryl methyl sites for hydroxylation is 2. The fourth-order valence-corrected chi connectivity index (χ4v) is 2.46. The molecular formula is C12H20ClN3O. The Bertz CT molecular complexity index is 372. The van der Waals surface area contributed by atoms with Crippen molar-refractivity contribution in [2.24, 2.45) is 13.0 Å². The summed E-state index contributed by atoms with van der Waals surface area (Å²) < 4.78 is 7.30. The van der Waals surface area contributed by atoms with Crippen LogP contribution in [0.1, 0.15) is 24.2 Å². The third-order valence-corrected chi connectivity index (χ3v) is 3.73. The zero-order valence-electron chi connectivity index (χ0n) is 10.5. The first-order valence-corrected chi connectivity index (χ1v) is 6.52. The van der Waals surface area contributed by atoms with Crippen molar-refractivity contribution in [2.75, 3.05) is 19.8 Å². The van der Waals surface area contributed by atoms with E-state index >= 15 is 0 Å². The van der Waals surface area contributed by atoms with Crippen molar-refractivity contribution in [2.45, 2.75) is 26.3 Å². The monoisotopic (exact) mass is 257 g/mol. The van der Waals surface area contributed by atoms with E-state index in [9.17, 15) is 0 Å². The number of aromatic nitrogens is 2. The van der Waals surface area contributed by atoms with Crippen LogP contribution in [-0.2, 0) is 18.3 Å². The molecule has 1 N–H and O–H groups in total. The molecule has 1 aliphatic heterocycles. The van der Waals surface area contributed by atoms with Gasteiger partial charge >= 0.3 is 0 Å². The summed E-state index contributed by atoms with van der Waals surface area (Å²) in [6, 6.07) is 0. The topological polar surface area (TPSA) is 39.1 Å². The maximum atomic E-state index is 6.19. The molecule has 5 heteroatoms. The highest BCUT2D eigenvalue weighted by molar-refractivity contribution is 6.31. The zero-order valence-corrected chi connectivity index (χ0v) is 11.3. The molecule has 17 heavy (non-hydrogen) atoms.